The summed E-state index contributed by atoms with van der Waals surface area (Å²) >= 11 is 1.59. The maximum atomic E-state index is 11.9. The zero-order chi connectivity index (χ0) is 13.7. The molecule has 19 heavy (non-hydrogen) atoms. The quantitative estimate of drug-likeness (QED) is 0.910. The normalized spacial score (nSPS) is 12.1. The van der Waals surface area contributed by atoms with E-state index < -0.39 is 0 Å². The van der Waals surface area contributed by atoms with Crippen molar-refractivity contribution in [1.29, 1.82) is 0 Å². The van der Waals surface area contributed by atoms with Crippen molar-refractivity contribution in [2.75, 3.05) is 5.32 Å². The van der Waals surface area contributed by atoms with Gasteiger partial charge in [0.2, 0.25) is 11.8 Å². The number of anilines is 1. The van der Waals surface area contributed by atoms with Crippen LogP contribution in [0.3, 0.4) is 0 Å². The van der Waals surface area contributed by atoms with Crippen LogP contribution in [0.2, 0.25) is 0 Å². The predicted octanol–water partition coefficient (Wildman–Crippen LogP) is 3.24. The summed E-state index contributed by atoms with van der Waals surface area (Å²) in [5, 5.41) is 6.29. The smallest absolute Gasteiger partial charge is 0.239 e. The molecule has 0 aliphatic carbocycles. The molecule has 1 heterocycles. The fourth-order valence-corrected chi connectivity index (χ4v) is 2.36. The van der Waals surface area contributed by atoms with Gasteiger partial charge in [0.25, 0.3) is 0 Å². The van der Waals surface area contributed by atoms with Crippen molar-refractivity contribution in [3.63, 3.8) is 0 Å². The van der Waals surface area contributed by atoms with Gasteiger partial charge < -0.3 is 4.52 Å². The molecule has 0 bridgehead atoms. The molecule has 0 radical (unpaired) electrons. The lowest BCUT2D eigenvalue weighted by Gasteiger charge is -2.10. The molecule has 5 heteroatoms. The molecular weight excluding hydrogens is 260 g/mol. The minimum atomic E-state index is -0.148. The molecule has 2 aromatic rings. The van der Waals surface area contributed by atoms with Crippen LogP contribution in [0.4, 0.5) is 5.88 Å². The second-order valence-corrected chi connectivity index (χ2v) is 5.59. The number of amides is 1. The lowest BCUT2D eigenvalue weighted by molar-refractivity contribution is -0.115. The van der Waals surface area contributed by atoms with Gasteiger partial charge in [-0.2, -0.15) is 0 Å². The Balaban J connectivity index is 1.82. The molecule has 4 nitrogen and oxygen atoms in total. The number of rotatable bonds is 5. The molecular formula is C14H16N2O2S. The minimum Gasteiger partial charge on any atom is -0.338 e. The molecule has 0 unspecified atom stereocenters. The third-order valence-corrected chi connectivity index (χ3v) is 3.80. The van der Waals surface area contributed by atoms with Crippen molar-refractivity contribution in [2.45, 2.75) is 24.9 Å². The van der Waals surface area contributed by atoms with Crippen molar-refractivity contribution in [3.05, 3.63) is 47.7 Å². The summed E-state index contributed by atoms with van der Waals surface area (Å²) in [5.74, 6) is 1.14. The maximum Gasteiger partial charge on any atom is 0.239 e. The number of aromatic nitrogens is 1. The van der Waals surface area contributed by atoms with E-state index in [0.717, 1.165) is 11.4 Å². The van der Waals surface area contributed by atoms with Gasteiger partial charge in [0.1, 0.15) is 0 Å². The molecule has 1 aromatic heterocycles. The van der Waals surface area contributed by atoms with E-state index in [-0.39, 0.29) is 11.2 Å². The summed E-state index contributed by atoms with van der Waals surface area (Å²) in [6.07, 6.45) is 0. The monoisotopic (exact) mass is 276 g/mol. The SMILES string of the molecule is Cc1cc(NC(=O)[C@@H](C)SCc2ccccc2)on1. The number of hydrogen-bond donors (Lipinski definition) is 1. The summed E-state index contributed by atoms with van der Waals surface area (Å²) in [5.41, 5.74) is 1.96. The Hall–Kier alpha value is -1.75. The van der Waals surface area contributed by atoms with Crippen LogP contribution in [0.1, 0.15) is 18.2 Å². The zero-order valence-electron chi connectivity index (χ0n) is 10.9. The lowest BCUT2D eigenvalue weighted by atomic mass is 10.2. The van der Waals surface area contributed by atoms with Gasteiger partial charge in [-0.05, 0) is 19.4 Å². The maximum absolute atomic E-state index is 11.9. The van der Waals surface area contributed by atoms with Gasteiger partial charge >= 0.3 is 0 Å². The number of nitrogens with zero attached hydrogens (tertiary/aromatic N) is 1. The molecule has 0 spiro atoms. The largest absolute Gasteiger partial charge is 0.338 e. The average molecular weight is 276 g/mol. The molecule has 1 atom stereocenters. The number of thioether (sulfide) groups is 1. The van der Waals surface area contributed by atoms with Gasteiger partial charge in [-0.15, -0.1) is 11.8 Å². The van der Waals surface area contributed by atoms with Crippen LogP contribution in [0, 0.1) is 6.92 Å². The van der Waals surface area contributed by atoms with Crippen LogP contribution in [-0.4, -0.2) is 16.3 Å². The standard InChI is InChI=1S/C14H16N2O2S/c1-10-8-13(18-16-10)15-14(17)11(2)19-9-12-6-4-3-5-7-12/h3-8,11H,9H2,1-2H3,(H,15,17)/t11-/m1/s1. The number of carbonyl (C=O) groups is 1. The third kappa shape index (κ3) is 4.13. The van der Waals surface area contributed by atoms with Crippen molar-refractivity contribution >= 4 is 23.6 Å². The molecule has 2 rings (SSSR count). The highest BCUT2D eigenvalue weighted by molar-refractivity contribution is 7.99. The van der Waals surface area contributed by atoms with E-state index in [0.29, 0.717) is 5.88 Å². The molecule has 0 aliphatic rings. The highest BCUT2D eigenvalue weighted by Gasteiger charge is 2.15. The van der Waals surface area contributed by atoms with Crippen molar-refractivity contribution < 1.29 is 9.32 Å². The molecule has 1 aromatic carbocycles. The van der Waals surface area contributed by atoms with E-state index >= 15 is 0 Å². The highest BCUT2D eigenvalue weighted by atomic mass is 32.2. The molecule has 1 N–H and O–H groups in total. The molecule has 1 amide bonds. The Kier molecular flexibility index (Phi) is 4.63. The van der Waals surface area contributed by atoms with Crippen LogP contribution in [0.25, 0.3) is 0 Å². The van der Waals surface area contributed by atoms with E-state index in [1.807, 2.05) is 32.0 Å². The second-order valence-electron chi connectivity index (χ2n) is 4.26. The van der Waals surface area contributed by atoms with Crippen molar-refractivity contribution in [3.8, 4) is 0 Å². The van der Waals surface area contributed by atoms with Gasteiger partial charge in [-0.3, -0.25) is 10.1 Å². The van der Waals surface area contributed by atoms with Crippen LogP contribution in [-0.2, 0) is 10.5 Å². The first kappa shape index (κ1) is 13.7. The van der Waals surface area contributed by atoms with Gasteiger partial charge in [0, 0.05) is 11.8 Å². The summed E-state index contributed by atoms with van der Waals surface area (Å²) in [4.78, 5) is 11.9. The summed E-state index contributed by atoms with van der Waals surface area (Å²) < 4.78 is 4.96. The summed E-state index contributed by atoms with van der Waals surface area (Å²) in [7, 11) is 0. The van der Waals surface area contributed by atoms with Crippen LogP contribution >= 0.6 is 11.8 Å². The fourth-order valence-electron chi connectivity index (χ4n) is 1.52. The highest BCUT2D eigenvalue weighted by Crippen LogP contribution is 2.19. The molecule has 0 fully saturated rings. The molecule has 100 valence electrons. The van der Waals surface area contributed by atoms with Crippen molar-refractivity contribution in [1.82, 2.24) is 5.16 Å². The first-order chi connectivity index (χ1) is 9.15. The first-order valence-electron chi connectivity index (χ1n) is 6.05. The van der Waals surface area contributed by atoms with Crippen LogP contribution < -0.4 is 5.32 Å². The van der Waals surface area contributed by atoms with Gasteiger partial charge in [-0.25, -0.2) is 0 Å². The predicted molar refractivity (Wildman–Crippen MR) is 77.1 cm³/mol. The number of aryl methyl sites for hydroxylation is 1. The lowest BCUT2D eigenvalue weighted by Crippen LogP contribution is -2.22. The number of benzene rings is 1. The van der Waals surface area contributed by atoms with Crippen LogP contribution in [0.15, 0.2) is 40.9 Å². The van der Waals surface area contributed by atoms with Gasteiger partial charge in [-0.1, -0.05) is 35.5 Å². The van der Waals surface area contributed by atoms with Gasteiger partial charge in [0.05, 0.1) is 10.9 Å². The Morgan fingerprint density at radius 1 is 1.42 bits per heavy atom. The minimum absolute atomic E-state index is 0.0721. The molecule has 0 saturated carbocycles. The average Bonchev–Trinajstić information content (AvgIpc) is 2.82. The number of hydrogen-bond acceptors (Lipinski definition) is 4. The molecule has 0 aliphatic heterocycles. The topological polar surface area (TPSA) is 55.1 Å². The Labute approximate surface area is 116 Å². The number of nitrogens with one attached hydrogen (secondary N) is 1. The number of carbonyl (C=O) groups excluding carboxylic acids is 1. The summed E-state index contributed by atoms with van der Waals surface area (Å²) in [6, 6.07) is 11.8. The van der Waals surface area contributed by atoms with Crippen molar-refractivity contribution in [2.24, 2.45) is 0 Å². The Morgan fingerprint density at radius 2 is 2.16 bits per heavy atom. The fraction of sp³-hybridized carbons (Fsp3) is 0.286. The second kappa shape index (κ2) is 6.43. The first-order valence-corrected chi connectivity index (χ1v) is 7.10. The van der Waals surface area contributed by atoms with Crippen LogP contribution in [0.5, 0.6) is 0 Å². The summed E-state index contributed by atoms with van der Waals surface area (Å²) in [6.45, 7) is 3.69. The molecule has 0 saturated heterocycles. The van der Waals surface area contributed by atoms with E-state index in [1.165, 1.54) is 5.56 Å². The van der Waals surface area contributed by atoms with Gasteiger partial charge in [0.15, 0.2) is 0 Å². The van der Waals surface area contributed by atoms with E-state index in [1.54, 1.807) is 17.8 Å². The van der Waals surface area contributed by atoms with E-state index in [4.69, 9.17) is 4.52 Å². The third-order valence-electron chi connectivity index (χ3n) is 2.59. The Bertz CT molecular complexity index is 539. The van der Waals surface area contributed by atoms with E-state index in [9.17, 15) is 4.79 Å². The Morgan fingerprint density at radius 3 is 2.79 bits per heavy atom. The zero-order valence-corrected chi connectivity index (χ0v) is 11.7. The van der Waals surface area contributed by atoms with E-state index in [2.05, 4.69) is 22.6 Å².